The van der Waals surface area contributed by atoms with Crippen molar-refractivity contribution in [3.8, 4) is 0 Å². The molecular weight excluding hydrogens is 282 g/mol. The summed E-state index contributed by atoms with van der Waals surface area (Å²) >= 11 is 0. The third-order valence-electron chi connectivity index (χ3n) is 3.46. The maximum atomic E-state index is 12.5. The molecule has 0 aliphatic heterocycles. The van der Waals surface area contributed by atoms with Crippen molar-refractivity contribution in [3.63, 3.8) is 0 Å². The summed E-state index contributed by atoms with van der Waals surface area (Å²) in [5.41, 5.74) is 3.44. The molecule has 1 N–H and O–H groups in total. The van der Waals surface area contributed by atoms with Gasteiger partial charge in [-0.15, -0.1) is 0 Å². The van der Waals surface area contributed by atoms with Gasteiger partial charge in [0, 0.05) is 5.69 Å². The fourth-order valence-corrected chi connectivity index (χ4v) is 3.53. The first-order chi connectivity index (χ1) is 9.79. The van der Waals surface area contributed by atoms with Crippen molar-refractivity contribution in [2.75, 3.05) is 4.72 Å². The molecule has 0 atom stereocenters. The Morgan fingerprint density at radius 1 is 0.952 bits per heavy atom. The van der Waals surface area contributed by atoms with Gasteiger partial charge in [-0.2, -0.15) is 0 Å². The van der Waals surface area contributed by atoms with E-state index in [1.807, 2.05) is 31.2 Å². The van der Waals surface area contributed by atoms with Crippen LogP contribution >= 0.6 is 0 Å². The summed E-state index contributed by atoms with van der Waals surface area (Å²) in [7, 11) is -3.55. The predicted octanol–water partition coefficient (Wildman–Crippen LogP) is 4.23. The van der Waals surface area contributed by atoms with Gasteiger partial charge < -0.3 is 0 Å². The summed E-state index contributed by atoms with van der Waals surface area (Å²) in [6, 6.07) is 12.9. The van der Waals surface area contributed by atoms with E-state index >= 15 is 0 Å². The maximum Gasteiger partial charge on any atom is 0.262 e. The van der Waals surface area contributed by atoms with Crippen LogP contribution in [-0.2, 0) is 10.0 Å². The number of anilines is 1. The third-order valence-corrected chi connectivity index (χ3v) is 4.99. The van der Waals surface area contributed by atoms with Gasteiger partial charge in [0.15, 0.2) is 0 Å². The van der Waals surface area contributed by atoms with Crippen molar-refractivity contribution in [1.29, 1.82) is 0 Å². The minimum Gasteiger partial charge on any atom is -0.280 e. The zero-order valence-electron chi connectivity index (χ0n) is 12.8. The molecule has 0 fully saturated rings. The highest BCUT2D eigenvalue weighted by Gasteiger charge is 2.17. The minimum absolute atomic E-state index is 0.329. The van der Waals surface area contributed by atoms with Crippen molar-refractivity contribution in [3.05, 3.63) is 59.2 Å². The van der Waals surface area contributed by atoms with E-state index in [2.05, 4.69) is 18.6 Å². The number of rotatable bonds is 4. The summed E-state index contributed by atoms with van der Waals surface area (Å²) in [6.45, 7) is 7.90. The molecule has 0 bridgehead atoms. The van der Waals surface area contributed by atoms with Gasteiger partial charge in [-0.1, -0.05) is 38.1 Å². The van der Waals surface area contributed by atoms with Crippen LogP contribution < -0.4 is 4.72 Å². The van der Waals surface area contributed by atoms with E-state index in [0.29, 0.717) is 16.5 Å². The van der Waals surface area contributed by atoms with Crippen LogP contribution in [0.3, 0.4) is 0 Å². The van der Waals surface area contributed by atoms with Crippen LogP contribution in [0.4, 0.5) is 5.69 Å². The fourth-order valence-electron chi connectivity index (χ4n) is 2.14. The summed E-state index contributed by atoms with van der Waals surface area (Å²) < 4.78 is 27.6. The van der Waals surface area contributed by atoms with Gasteiger partial charge in [-0.3, -0.25) is 4.72 Å². The van der Waals surface area contributed by atoms with Gasteiger partial charge in [-0.25, -0.2) is 8.42 Å². The number of benzene rings is 2. The first-order valence-electron chi connectivity index (χ1n) is 6.99. The largest absolute Gasteiger partial charge is 0.280 e. The van der Waals surface area contributed by atoms with Crippen LogP contribution in [0.2, 0.25) is 0 Å². The standard InChI is InChI=1S/C17H21NO2S/c1-12(2)15-7-9-16(10-8-15)18-21(19,20)17-11-13(3)5-6-14(17)4/h5-12,18H,1-4H3. The molecule has 0 aliphatic carbocycles. The summed E-state index contributed by atoms with van der Waals surface area (Å²) in [4.78, 5) is 0.329. The molecule has 2 aromatic rings. The SMILES string of the molecule is Cc1ccc(C)c(S(=O)(=O)Nc2ccc(C(C)C)cc2)c1. The number of hydrogen-bond acceptors (Lipinski definition) is 2. The Morgan fingerprint density at radius 3 is 2.14 bits per heavy atom. The van der Waals surface area contributed by atoms with Crippen molar-refractivity contribution >= 4 is 15.7 Å². The summed E-state index contributed by atoms with van der Waals surface area (Å²) in [6.07, 6.45) is 0. The van der Waals surface area contributed by atoms with Crippen LogP contribution in [0.1, 0.15) is 36.5 Å². The lowest BCUT2D eigenvalue weighted by molar-refractivity contribution is 0.600. The number of sulfonamides is 1. The van der Waals surface area contributed by atoms with Crippen molar-refractivity contribution in [2.24, 2.45) is 0 Å². The van der Waals surface area contributed by atoms with Crippen LogP contribution in [0.5, 0.6) is 0 Å². The second-order valence-electron chi connectivity index (χ2n) is 5.65. The fraction of sp³-hybridized carbons (Fsp3) is 0.294. The Balaban J connectivity index is 2.31. The first kappa shape index (κ1) is 15.6. The highest BCUT2D eigenvalue weighted by Crippen LogP contribution is 2.22. The zero-order chi connectivity index (χ0) is 15.6. The molecule has 0 amide bonds. The van der Waals surface area contributed by atoms with E-state index in [1.54, 1.807) is 25.1 Å². The Bertz CT molecular complexity index is 732. The summed E-state index contributed by atoms with van der Waals surface area (Å²) in [5, 5.41) is 0. The topological polar surface area (TPSA) is 46.2 Å². The quantitative estimate of drug-likeness (QED) is 0.919. The van der Waals surface area contributed by atoms with Crippen LogP contribution in [0.25, 0.3) is 0 Å². The van der Waals surface area contributed by atoms with Crippen LogP contribution in [0, 0.1) is 13.8 Å². The maximum absolute atomic E-state index is 12.5. The monoisotopic (exact) mass is 303 g/mol. The minimum atomic E-state index is -3.55. The molecule has 3 nitrogen and oxygen atoms in total. The molecule has 2 aromatic carbocycles. The molecule has 0 aliphatic rings. The van der Waals surface area contributed by atoms with Crippen LogP contribution in [-0.4, -0.2) is 8.42 Å². The molecule has 0 heterocycles. The Hall–Kier alpha value is -1.81. The molecule has 0 radical (unpaired) electrons. The highest BCUT2D eigenvalue weighted by molar-refractivity contribution is 7.92. The lowest BCUT2D eigenvalue weighted by Crippen LogP contribution is -2.14. The van der Waals surface area contributed by atoms with E-state index in [-0.39, 0.29) is 0 Å². The molecule has 0 unspecified atom stereocenters. The van der Waals surface area contributed by atoms with E-state index in [4.69, 9.17) is 0 Å². The zero-order valence-corrected chi connectivity index (χ0v) is 13.7. The van der Waals surface area contributed by atoms with E-state index < -0.39 is 10.0 Å². The molecule has 112 valence electrons. The molecular formula is C17H21NO2S. The normalized spacial score (nSPS) is 11.7. The molecule has 0 aromatic heterocycles. The smallest absolute Gasteiger partial charge is 0.262 e. The second-order valence-corrected chi connectivity index (χ2v) is 7.30. The number of hydrogen-bond donors (Lipinski definition) is 1. The Labute approximate surface area is 127 Å². The molecule has 0 spiro atoms. The van der Waals surface area contributed by atoms with Gasteiger partial charge in [0.05, 0.1) is 4.90 Å². The van der Waals surface area contributed by atoms with Gasteiger partial charge in [0.2, 0.25) is 0 Å². The Morgan fingerprint density at radius 2 is 1.57 bits per heavy atom. The first-order valence-corrected chi connectivity index (χ1v) is 8.48. The predicted molar refractivity (Wildman–Crippen MR) is 87.3 cm³/mol. The van der Waals surface area contributed by atoms with Gasteiger partial charge >= 0.3 is 0 Å². The third kappa shape index (κ3) is 3.64. The van der Waals surface area contributed by atoms with Crippen molar-refractivity contribution in [1.82, 2.24) is 0 Å². The molecule has 2 rings (SSSR count). The average molecular weight is 303 g/mol. The van der Waals surface area contributed by atoms with E-state index in [1.165, 1.54) is 5.56 Å². The Kier molecular flexibility index (Phi) is 4.37. The average Bonchev–Trinajstić information content (AvgIpc) is 2.41. The van der Waals surface area contributed by atoms with Gasteiger partial charge in [-0.05, 0) is 54.7 Å². The molecule has 0 saturated heterocycles. The van der Waals surface area contributed by atoms with Gasteiger partial charge in [0.1, 0.15) is 0 Å². The lowest BCUT2D eigenvalue weighted by Gasteiger charge is -2.12. The summed E-state index contributed by atoms with van der Waals surface area (Å²) in [5.74, 6) is 0.426. The van der Waals surface area contributed by atoms with Gasteiger partial charge in [0.25, 0.3) is 10.0 Å². The highest BCUT2D eigenvalue weighted by atomic mass is 32.2. The second kappa shape index (κ2) is 5.90. The number of aryl methyl sites for hydroxylation is 2. The van der Waals surface area contributed by atoms with Crippen molar-refractivity contribution < 1.29 is 8.42 Å². The van der Waals surface area contributed by atoms with Crippen molar-refractivity contribution in [2.45, 2.75) is 38.5 Å². The molecule has 4 heteroatoms. The van der Waals surface area contributed by atoms with E-state index in [0.717, 1.165) is 11.1 Å². The lowest BCUT2D eigenvalue weighted by atomic mass is 10.0. The number of nitrogens with one attached hydrogen (secondary N) is 1. The van der Waals surface area contributed by atoms with E-state index in [9.17, 15) is 8.42 Å². The molecule has 21 heavy (non-hydrogen) atoms. The van der Waals surface area contributed by atoms with Crippen LogP contribution in [0.15, 0.2) is 47.4 Å². The molecule has 0 saturated carbocycles.